The number of aryl methyl sites for hydroxylation is 1. The number of amides is 2. The number of carbonyl (C=O) groups is 1. The molecule has 2 amide bonds. The van der Waals surface area contributed by atoms with Crippen molar-refractivity contribution in [2.75, 3.05) is 19.0 Å². The SMILES string of the molecule is Cc1ccc(N(C(=O)N(C)C)c2ccc(Cl)c(Cl)c2)cc1Cl. The normalized spacial score (nSPS) is 10.5. The summed E-state index contributed by atoms with van der Waals surface area (Å²) in [6, 6.07) is 10.3. The quantitative estimate of drug-likeness (QED) is 0.668. The first-order valence-corrected chi connectivity index (χ1v) is 7.67. The Morgan fingerprint density at radius 3 is 1.91 bits per heavy atom. The largest absolute Gasteiger partial charge is 0.330 e. The van der Waals surface area contributed by atoms with Crippen LogP contribution in [0.5, 0.6) is 0 Å². The van der Waals surface area contributed by atoms with Crippen molar-refractivity contribution in [3.63, 3.8) is 0 Å². The average molecular weight is 358 g/mol. The summed E-state index contributed by atoms with van der Waals surface area (Å²) < 4.78 is 0. The highest BCUT2D eigenvalue weighted by molar-refractivity contribution is 6.42. The van der Waals surface area contributed by atoms with Gasteiger partial charge in [-0.1, -0.05) is 40.9 Å². The predicted molar refractivity (Wildman–Crippen MR) is 93.9 cm³/mol. The molecule has 0 aliphatic heterocycles. The van der Waals surface area contributed by atoms with Gasteiger partial charge in [0.2, 0.25) is 0 Å². The lowest BCUT2D eigenvalue weighted by Crippen LogP contribution is -2.36. The molecule has 116 valence electrons. The fourth-order valence-corrected chi connectivity index (χ4v) is 2.38. The second-order valence-electron chi connectivity index (χ2n) is 5.04. The van der Waals surface area contributed by atoms with Crippen LogP contribution in [-0.2, 0) is 0 Å². The lowest BCUT2D eigenvalue weighted by Gasteiger charge is -2.27. The van der Waals surface area contributed by atoms with E-state index in [1.54, 1.807) is 38.4 Å². The molecule has 0 heterocycles. The van der Waals surface area contributed by atoms with E-state index in [4.69, 9.17) is 34.8 Å². The molecule has 0 unspecified atom stereocenters. The van der Waals surface area contributed by atoms with Crippen LogP contribution in [0.4, 0.5) is 16.2 Å². The van der Waals surface area contributed by atoms with E-state index in [1.807, 2.05) is 19.1 Å². The van der Waals surface area contributed by atoms with Crippen LogP contribution in [-0.4, -0.2) is 25.0 Å². The molecule has 0 N–H and O–H groups in total. The topological polar surface area (TPSA) is 23.6 Å². The van der Waals surface area contributed by atoms with Crippen LogP contribution in [0.1, 0.15) is 5.56 Å². The van der Waals surface area contributed by atoms with Crippen molar-refractivity contribution < 1.29 is 4.79 Å². The summed E-state index contributed by atoms with van der Waals surface area (Å²) in [6.45, 7) is 1.91. The maximum absolute atomic E-state index is 12.6. The first kappa shape index (κ1) is 16.9. The van der Waals surface area contributed by atoms with Gasteiger partial charge in [-0.25, -0.2) is 4.79 Å². The number of benzene rings is 2. The minimum absolute atomic E-state index is 0.210. The number of hydrogen-bond acceptors (Lipinski definition) is 1. The molecule has 0 aliphatic carbocycles. The van der Waals surface area contributed by atoms with Crippen LogP contribution in [0, 0.1) is 6.92 Å². The third-order valence-corrected chi connectivity index (χ3v) is 4.30. The third kappa shape index (κ3) is 3.49. The Balaban J connectivity index is 2.57. The second-order valence-corrected chi connectivity index (χ2v) is 6.27. The minimum Gasteiger partial charge on any atom is -0.330 e. The molecule has 0 saturated carbocycles. The second kappa shape index (κ2) is 6.78. The molecule has 0 radical (unpaired) electrons. The van der Waals surface area contributed by atoms with Gasteiger partial charge in [0.05, 0.1) is 21.4 Å². The molecule has 0 atom stereocenters. The Hall–Kier alpha value is -1.42. The molecule has 2 aromatic rings. The van der Waals surface area contributed by atoms with Gasteiger partial charge in [-0.15, -0.1) is 0 Å². The molecule has 0 spiro atoms. The van der Waals surface area contributed by atoms with Gasteiger partial charge in [0, 0.05) is 19.1 Å². The summed E-state index contributed by atoms with van der Waals surface area (Å²) >= 11 is 18.2. The molecule has 2 rings (SSSR count). The molecule has 0 aromatic heterocycles. The van der Waals surface area contributed by atoms with Gasteiger partial charge in [-0.3, -0.25) is 4.90 Å². The van der Waals surface area contributed by atoms with Crippen molar-refractivity contribution in [3.05, 3.63) is 57.0 Å². The molecule has 0 aliphatic rings. The summed E-state index contributed by atoms with van der Waals surface area (Å²) in [5, 5.41) is 1.41. The number of anilines is 2. The number of nitrogens with zero attached hydrogens (tertiary/aromatic N) is 2. The summed E-state index contributed by atoms with van der Waals surface area (Å²) in [7, 11) is 3.37. The molecule has 0 bridgehead atoms. The first-order chi connectivity index (χ1) is 10.3. The highest BCUT2D eigenvalue weighted by Crippen LogP contribution is 2.33. The Morgan fingerprint density at radius 2 is 1.41 bits per heavy atom. The lowest BCUT2D eigenvalue weighted by atomic mass is 10.2. The molecular formula is C16H15Cl3N2O. The molecule has 22 heavy (non-hydrogen) atoms. The van der Waals surface area contributed by atoms with Gasteiger partial charge >= 0.3 is 6.03 Å². The summed E-state index contributed by atoms with van der Waals surface area (Å²) in [5.41, 5.74) is 2.22. The molecule has 6 heteroatoms. The standard InChI is InChI=1S/C16H15Cl3N2O/c1-10-4-5-11(8-14(10)18)21(16(22)20(2)3)12-6-7-13(17)15(19)9-12/h4-9H,1-3H3. The van der Waals surface area contributed by atoms with Crippen LogP contribution in [0.3, 0.4) is 0 Å². The van der Waals surface area contributed by atoms with Crippen LogP contribution in [0.15, 0.2) is 36.4 Å². The number of urea groups is 1. The molecular weight excluding hydrogens is 343 g/mol. The van der Waals surface area contributed by atoms with E-state index in [9.17, 15) is 4.79 Å². The van der Waals surface area contributed by atoms with E-state index in [0.29, 0.717) is 26.4 Å². The van der Waals surface area contributed by atoms with Crippen molar-refractivity contribution in [2.24, 2.45) is 0 Å². The van der Waals surface area contributed by atoms with Gasteiger partial charge < -0.3 is 4.90 Å². The maximum atomic E-state index is 12.6. The monoisotopic (exact) mass is 356 g/mol. The minimum atomic E-state index is -0.210. The Labute approximate surface area is 145 Å². The number of hydrogen-bond donors (Lipinski definition) is 0. The highest BCUT2D eigenvalue weighted by atomic mass is 35.5. The van der Waals surface area contributed by atoms with Crippen LogP contribution in [0.2, 0.25) is 15.1 Å². The fourth-order valence-electron chi connectivity index (χ4n) is 1.91. The first-order valence-electron chi connectivity index (χ1n) is 6.54. The highest BCUT2D eigenvalue weighted by Gasteiger charge is 2.21. The molecule has 3 nitrogen and oxygen atoms in total. The van der Waals surface area contributed by atoms with E-state index in [-0.39, 0.29) is 6.03 Å². The van der Waals surface area contributed by atoms with E-state index < -0.39 is 0 Å². The van der Waals surface area contributed by atoms with Crippen molar-refractivity contribution in [1.29, 1.82) is 0 Å². The summed E-state index contributed by atoms with van der Waals surface area (Å²) in [5.74, 6) is 0. The molecule has 0 saturated heterocycles. The van der Waals surface area contributed by atoms with Gasteiger partial charge in [-0.2, -0.15) is 0 Å². The van der Waals surface area contributed by atoms with Crippen molar-refractivity contribution in [3.8, 4) is 0 Å². The molecule has 0 fully saturated rings. The van der Waals surface area contributed by atoms with Crippen molar-refractivity contribution >= 4 is 52.2 Å². The number of halogens is 3. The van der Waals surface area contributed by atoms with Gasteiger partial charge in [0.25, 0.3) is 0 Å². The molecule has 2 aromatic carbocycles. The number of carbonyl (C=O) groups excluding carboxylic acids is 1. The zero-order valence-electron chi connectivity index (χ0n) is 12.4. The van der Waals surface area contributed by atoms with Gasteiger partial charge in [0.1, 0.15) is 0 Å². The van der Waals surface area contributed by atoms with Crippen molar-refractivity contribution in [2.45, 2.75) is 6.92 Å². The van der Waals surface area contributed by atoms with E-state index in [1.165, 1.54) is 9.80 Å². The van der Waals surface area contributed by atoms with E-state index in [2.05, 4.69) is 0 Å². The predicted octanol–water partition coefficient (Wildman–Crippen LogP) is 5.77. The maximum Gasteiger partial charge on any atom is 0.328 e. The third-order valence-electron chi connectivity index (χ3n) is 3.15. The van der Waals surface area contributed by atoms with E-state index >= 15 is 0 Å². The van der Waals surface area contributed by atoms with Crippen LogP contribution < -0.4 is 4.90 Å². The summed E-state index contributed by atoms with van der Waals surface area (Å²) in [6.07, 6.45) is 0. The lowest BCUT2D eigenvalue weighted by molar-refractivity contribution is 0.226. The Morgan fingerprint density at radius 1 is 0.864 bits per heavy atom. The van der Waals surface area contributed by atoms with E-state index in [0.717, 1.165) is 5.56 Å². The Bertz CT molecular complexity index is 665. The van der Waals surface area contributed by atoms with Crippen LogP contribution in [0.25, 0.3) is 0 Å². The Kier molecular flexibility index (Phi) is 5.22. The van der Waals surface area contributed by atoms with Crippen LogP contribution >= 0.6 is 34.8 Å². The average Bonchev–Trinajstić information content (AvgIpc) is 2.46. The fraction of sp³-hybridized carbons (Fsp3) is 0.188. The zero-order valence-corrected chi connectivity index (χ0v) is 14.7. The zero-order chi connectivity index (χ0) is 16.4. The number of rotatable bonds is 2. The van der Waals surface area contributed by atoms with Gasteiger partial charge in [0.15, 0.2) is 0 Å². The smallest absolute Gasteiger partial charge is 0.328 e. The van der Waals surface area contributed by atoms with Gasteiger partial charge in [-0.05, 0) is 42.8 Å². The van der Waals surface area contributed by atoms with Crippen molar-refractivity contribution in [1.82, 2.24) is 4.90 Å². The summed E-state index contributed by atoms with van der Waals surface area (Å²) in [4.78, 5) is 15.6.